The highest BCUT2D eigenvalue weighted by molar-refractivity contribution is 5.78. The van der Waals surface area contributed by atoms with Gasteiger partial charge in [0.2, 0.25) is 11.9 Å². The fraction of sp³-hybridized carbons (Fsp3) is 0.385. The Bertz CT molecular complexity index is 1140. The molecule has 1 amide bonds. The first-order chi connectivity index (χ1) is 17.2. The minimum atomic E-state index is 0.0671. The van der Waals surface area contributed by atoms with Crippen molar-refractivity contribution in [2.45, 2.75) is 31.8 Å². The maximum Gasteiger partial charge on any atom is 0.234 e. The average molecular weight is 474 g/mol. The van der Waals surface area contributed by atoms with Crippen LogP contribution in [0.4, 0.5) is 17.5 Å². The van der Waals surface area contributed by atoms with Crippen molar-refractivity contribution in [3.8, 4) is 16.9 Å². The number of anilines is 3. The van der Waals surface area contributed by atoms with E-state index in [1.165, 1.54) is 0 Å². The van der Waals surface area contributed by atoms with Crippen molar-refractivity contribution in [1.82, 2.24) is 25.2 Å². The van der Waals surface area contributed by atoms with Crippen molar-refractivity contribution in [2.75, 3.05) is 43.4 Å². The van der Waals surface area contributed by atoms with Crippen molar-refractivity contribution < 1.29 is 9.53 Å². The summed E-state index contributed by atoms with van der Waals surface area (Å²) in [5.41, 5.74) is 2.80. The summed E-state index contributed by atoms with van der Waals surface area (Å²) in [6, 6.07) is 11.9. The van der Waals surface area contributed by atoms with Crippen LogP contribution in [0.15, 0.2) is 55.0 Å². The third kappa shape index (κ3) is 6.45. The highest BCUT2D eigenvalue weighted by Crippen LogP contribution is 2.26. The first-order valence-electron chi connectivity index (χ1n) is 12.3. The van der Waals surface area contributed by atoms with Gasteiger partial charge in [0.1, 0.15) is 11.6 Å². The van der Waals surface area contributed by atoms with Crippen LogP contribution >= 0.6 is 0 Å². The normalized spacial score (nSPS) is 21.1. The van der Waals surface area contributed by atoms with Gasteiger partial charge in [-0.25, -0.2) is 15.0 Å². The van der Waals surface area contributed by atoms with E-state index in [0.29, 0.717) is 25.6 Å². The van der Waals surface area contributed by atoms with Crippen molar-refractivity contribution in [3.63, 3.8) is 0 Å². The molecule has 2 unspecified atom stereocenters. The van der Waals surface area contributed by atoms with E-state index in [0.717, 1.165) is 67.2 Å². The molecule has 0 aliphatic carbocycles. The molecule has 9 heteroatoms. The monoisotopic (exact) mass is 473 g/mol. The second-order valence-corrected chi connectivity index (χ2v) is 8.96. The fourth-order valence-electron chi connectivity index (χ4n) is 4.41. The molecule has 2 aromatic heterocycles. The Morgan fingerprint density at radius 2 is 1.80 bits per heavy atom. The smallest absolute Gasteiger partial charge is 0.234 e. The summed E-state index contributed by atoms with van der Waals surface area (Å²) in [5.74, 6) is 2.21. The van der Waals surface area contributed by atoms with E-state index in [-0.39, 0.29) is 12.0 Å². The summed E-state index contributed by atoms with van der Waals surface area (Å²) in [7, 11) is 0. The average Bonchev–Trinajstić information content (AvgIpc) is 3.09. The Kier molecular flexibility index (Phi) is 7.33. The predicted octanol–water partition coefficient (Wildman–Crippen LogP) is 3.45. The molecule has 0 saturated carbocycles. The molecule has 3 aliphatic heterocycles. The van der Waals surface area contributed by atoms with Crippen LogP contribution in [-0.2, 0) is 4.79 Å². The summed E-state index contributed by atoms with van der Waals surface area (Å²) < 4.78 is 6.33. The van der Waals surface area contributed by atoms with E-state index in [9.17, 15) is 4.79 Å². The topological polar surface area (TPSA) is 104 Å². The molecule has 0 spiro atoms. The number of aromatic nitrogens is 3. The van der Waals surface area contributed by atoms with Crippen LogP contribution in [-0.4, -0.2) is 64.6 Å². The van der Waals surface area contributed by atoms with E-state index in [1.807, 2.05) is 36.4 Å². The Hall–Kier alpha value is -3.72. The third-order valence-electron chi connectivity index (χ3n) is 6.25. The second kappa shape index (κ2) is 11.1. The summed E-state index contributed by atoms with van der Waals surface area (Å²) in [4.78, 5) is 28.0. The van der Waals surface area contributed by atoms with Gasteiger partial charge in [-0.3, -0.25) is 9.69 Å². The van der Waals surface area contributed by atoms with E-state index < -0.39 is 0 Å². The number of ether oxygens (including phenoxy) is 1. The van der Waals surface area contributed by atoms with Crippen molar-refractivity contribution in [1.29, 1.82) is 0 Å². The third-order valence-corrected chi connectivity index (χ3v) is 6.25. The van der Waals surface area contributed by atoms with Crippen molar-refractivity contribution in [3.05, 3.63) is 55.0 Å². The number of fused-ring (bicyclic) bond motifs is 8. The number of nitrogens with one attached hydrogen (secondary N) is 3. The molecule has 35 heavy (non-hydrogen) atoms. The zero-order valence-corrected chi connectivity index (χ0v) is 19.7. The quantitative estimate of drug-likeness (QED) is 0.456. The Morgan fingerprint density at radius 3 is 2.71 bits per heavy atom. The minimum Gasteiger partial charge on any atom is -0.490 e. The number of carbonyl (C=O) groups is 1. The molecular weight excluding hydrogens is 442 g/mol. The van der Waals surface area contributed by atoms with Gasteiger partial charge in [0.15, 0.2) is 0 Å². The molecule has 0 radical (unpaired) electrons. The number of pyridine rings is 1. The molecule has 9 nitrogen and oxygen atoms in total. The lowest BCUT2D eigenvalue weighted by Crippen LogP contribution is -2.38. The fourth-order valence-corrected chi connectivity index (χ4v) is 4.41. The van der Waals surface area contributed by atoms with Crippen molar-refractivity contribution >= 4 is 23.4 Å². The molecule has 3 aromatic rings. The van der Waals surface area contributed by atoms with Crippen LogP contribution in [0.3, 0.4) is 0 Å². The van der Waals surface area contributed by atoms with Gasteiger partial charge in [-0.1, -0.05) is 6.07 Å². The lowest BCUT2D eigenvalue weighted by molar-refractivity contribution is -0.122. The molecule has 2 atom stereocenters. The SMILES string of the molecule is O=C1CN2CCCC(CC2)Oc2cccc(c2)Nc2cc(ccn2)-c2cnc(nc2)NCCCN1. The standard InChI is InChI=1S/C26H31N7O2/c34-25-18-33-12-2-6-22(8-13-33)35-23-5-1-4-21(15-23)32-24-14-19(7-11-27-24)20-16-30-26(31-17-20)29-10-3-9-28-25/h1,4-5,7,11,14-17,22H,2-3,6,8-10,12-13,18H2,(H,27,32)(H,28,34)(H,29,30,31). The van der Waals surface area contributed by atoms with E-state index >= 15 is 0 Å². The van der Waals surface area contributed by atoms with Gasteiger partial charge in [0, 0.05) is 55.5 Å². The van der Waals surface area contributed by atoms with Crippen LogP contribution in [0.5, 0.6) is 5.75 Å². The van der Waals surface area contributed by atoms with Crippen LogP contribution < -0.4 is 20.7 Å². The highest BCUT2D eigenvalue weighted by atomic mass is 16.5. The number of amides is 1. The molecule has 1 fully saturated rings. The maximum absolute atomic E-state index is 12.4. The van der Waals surface area contributed by atoms with Gasteiger partial charge in [0.25, 0.3) is 0 Å². The van der Waals surface area contributed by atoms with Gasteiger partial charge >= 0.3 is 0 Å². The van der Waals surface area contributed by atoms with Gasteiger partial charge in [-0.15, -0.1) is 0 Å². The van der Waals surface area contributed by atoms with Gasteiger partial charge in [-0.05, 0) is 62.1 Å². The Morgan fingerprint density at radius 1 is 0.914 bits per heavy atom. The van der Waals surface area contributed by atoms with Gasteiger partial charge in [0.05, 0.1) is 12.6 Å². The first-order valence-corrected chi connectivity index (χ1v) is 12.3. The maximum atomic E-state index is 12.4. The van der Waals surface area contributed by atoms with Crippen molar-refractivity contribution in [2.24, 2.45) is 0 Å². The Balaban J connectivity index is 1.36. The van der Waals surface area contributed by atoms with Crippen LogP contribution in [0.1, 0.15) is 25.7 Å². The highest BCUT2D eigenvalue weighted by Gasteiger charge is 2.20. The van der Waals surface area contributed by atoms with E-state index in [2.05, 4.69) is 35.8 Å². The van der Waals surface area contributed by atoms with Crippen LogP contribution in [0.2, 0.25) is 0 Å². The first kappa shape index (κ1) is 23.0. The van der Waals surface area contributed by atoms with E-state index in [4.69, 9.17) is 4.74 Å². The number of nitrogens with zero attached hydrogens (tertiary/aromatic N) is 4. The number of hydrogen-bond donors (Lipinski definition) is 3. The second-order valence-electron chi connectivity index (χ2n) is 8.96. The largest absolute Gasteiger partial charge is 0.490 e. The molecule has 3 N–H and O–H groups in total. The number of rotatable bonds is 0. The molecule has 6 rings (SSSR count). The number of benzene rings is 1. The summed E-state index contributed by atoms with van der Waals surface area (Å²) in [6.45, 7) is 3.49. The number of hydrogen-bond acceptors (Lipinski definition) is 8. The van der Waals surface area contributed by atoms with Gasteiger partial charge < -0.3 is 20.7 Å². The Labute approximate surface area is 205 Å². The molecule has 1 aromatic carbocycles. The molecule has 5 heterocycles. The minimum absolute atomic E-state index is 0.0671. The lowest BCUT2D eigenvalue weighted by atomic mass is 10.1. The lowest BCUT2D eigenvalue weighted by Gasteiger charge is -2.20. The summed E-state index contributed by atoms with van der Waals surface area (Å²) in [6.07, 6.45) is 9.19. The number of carbonyl (C=O) groups excluding carboxylic acids is 1. The molecule has 182 valence electrons. The molecule has 1 saturated heterocycles. The predicted molar refractivity (Wildman–Crippen MR) is 136 cm³/mol. The molecule has 3 aliphatic rings. The summed E-state index contributed by atoms with van der Waals surface area (Å²) >= 11 is 0. The van der Waals surface area contributed by atoms with E-state index in [1.54, 1.807) is 18.6 Å². The molecular formula is C26H31N7O2. The molecule has 8 bridgehead atoms. The van der Waals surface area contributed by atoms with Gasteiger partial charge in [-0.2, -0.15) is 0 Å². The zero-order chi connectivity index (χ0) is 23.9. The van der Waals surface area contributed by atoms with Crippen LogP contribution in [0.25, 0.3) is 11.1 Å². The summed E-state index contributed by atoms with van der Waals surface area (Å²) in [5, 5.41) is 9.63. The zero-order valence-electron chi connectivity index (χ0n) is 19.7. The van der Waals surface area contributed by atoms with Crippen LogP contribution in [0, 0.1) is 0 Å².